The zero-order chi connectivity index (χ0) is 11.3. The van der Waals surface area contributed by atoms with Crippen LogP contribution in [0.1, 0.15) is 29.8 Å². The lowest BCUT2D eigenvalue weighted by molar-refractivity contribution is 0.102. The third-order valence-corrected chi connectivity index (χ3v) is 2.26. The molecular formula is C12H14N2O. The van der Waals surface area contributed by atoms with Crippen molar-refractivity contribution in [2.24, 2.45) is 7.05 Å². The smallest absolute Gasteiger partial charge is 0.204 e. The van der Waals surface area contributed by atoms with Crippen molar-refractivity contribution in [3.05, 3.63) is 36.2 Å². The van der Waals surface area contributed by atoms with Crippen LogP contribution in [0.3, 0.4) is 0 Å². The van der Waals surface area contributed by atoms with Crippen LogP contribution in [0.15, 0.2) is 30.5 Å². The van der Waals surface area contributed by atoms with E-state index in [-0.39, 0.29) is 5.78 Å². The number of carbonyl (C=O) groups is 1. The summed E-state index contributed by atoms with van der Waals surface area (Å²) < 4.78 is 1.78. The number of nitriles is 1. The van der Waals surface area contributed by atoms with Crippen molar-refractivity contribution >= 4 is 5.78 Å². The number of rotatable bonds is 5. The fourth-order valence-electron chi connectivity index (χ4n) is 1.37. The maximum absolute atomic E-state index is 11.8. The summed E-state index contributed by atoms with van der Waals surface area (Å²) >= 11 is 0. The lowest BCUT2D eigenvalue weighted by Crippen LogP contribution is -2.07. The molecule has 3 nitrogen and oxygen atoms in total. The highest BCUT2D eigenvalue weighted by Gasteiger charge is 2.12. The van der Waals surface area contributed by atoms with Crippen molar-refractivity contribution in [2.45, 2.75) is 19.3 Å². The molecule has 0 saturated carbocycles. The highest BCUT2D eigenvalue weighted by Crippen LogP contribution is 2.12. The van der Waals surface area contributed by atoms with Gasteiger partial charge in [0.1, 0.15) is 0 Å². The van der Waals surface area contributed by atoms with Gasteiger partial charge in [0.25, 0.3) is 0 Å². The van der Waals surface area contributed by atoms with Gasteiger partial charge >= 0.3 is 0 Å². The Bertz CT molecular complexity index is 410. The van der Waals surface area contributed by atoms with Gasteiger partial charge in [0.05, 0.1) is 11.8 Å². The first-order chi connectivity index (χ1) is 7.16. The molecule has 0 saturated heterocycles. The zero-order valence-electron chi connectivity index (χ0n) is 8.86. The summed E-state index contributed by atoms with van der Waals surface area (Å²) in [6.45, 7) is 3.75. The summed E-state index contributed by atoms with van der Waals surface area (Å²) in [4.78, 5) is 11.8. The zero-order valence-corrected chi connectivity index (χ0v) is 8.86. The molecule has 0 fully saturated rings. The van der Waals surface area contributed by atoms with Crippen molar-refractivity contribution < 1.29 is 4.79 Å². The maximum atomic E-state index is 11.8. The van der Waals surface area contributed by atoms with Crippen molar-refractivity contribution in [3.8, 4) is 6.07 Å². The van der Waals surface area contributed by atoms with Crippen molar-refractivity contribution in [3.63, 3.8) is 0 Å². The molecule has 3 heteroatoms. The summed E-state index contributed by atoms with van der Waals surface area (Å²) in [6.07, 6.45) is 3.60. The Labute approximate surface area is 89.6 Å². The highest BCUT2D eigenvalue weighted by molar-refractivity contribution is 6.07. The maximum Gasteiger partial charge on any atom is 0.204 e. The van der Waals surface area contributed by atoms with E-state index >= 15 is 0 Å². The molecule has 78 valence electrons. The molecule has 1 rings (SSSR count). The van der Waals surface area contributed by atoms with Gasteiger partial charge in [-0.3, -0.25) is 4.79 Å². The van der Waals surface area contributed by atoms with Gasteiger partial charge in [-0.15, -0.1) is 0 Å². The quantitative estimate of drug-likeness (QED) is 0.418. The van der Waals surface area contributed by atoms with E-state index in [0.29, 0.717) is 30.5 Å². The van der Waals surface area contributed by atoms with Crippen molar-refractivity contribution in [1.82, 2.24) is 4.57 Å². The largest absolute Gasteiger partial charge is 0.348 e. The van der Waals surface area contributed by atoms with Gasteiger partial charge in [0.15, 0.2) is 0 Å². The number of Topliss-reactive ketones (excluding diaryl/α,β-unsaturated/α-hetero) is 1. The molecule has 1 aromatic heterocycles. The summed E-state index contributed by atoms with van der Waals surface area (Å²) in [5, 5.41) is 8.38. The normalized spacial score (nSPS) is 9.60. The number of aryl methyl sites for hydroxylation is 1. The van der Waals surface area contributed by atoms with E-state index in [1.54, 1.807) is 10.6 Å². The van der Waals surface area contributed by atoms with E-state index in [1.165, 1.54) is 0 Å². The second-order valence-corrected chi connectivity index (χ2v) is 3.45. The van der Waals surface area contributed by atoms with Gasteiger partial charge in [0.2, 0.25) is 5.78 Å². The molecule has 0 aromatic carbocycles. The molecular weight excluding hydrogens is 188 g/mol. The van der Waals surface area contributed by atoms with Crippen LogP contribution in [-0.4, -0.2) is 10.4 Å². The minimum atomic E-state index is -0.0274. The fraction of sp³-hybridized carbons (Fsp3) is 0.333. The fourth-order valence-corrected chi connectivity index (χ4v) is 1.37. The van der Waals surface area contributed by atoms with Crippen LogP contribution in [0.2, 0.25) is 0 Å². The third kappa shape index (κ3) is 2.81. The van der Waals surface area contributed by atoms with Gasteiger partial charge in [-0.2, -0.15) is 5.26 Å². The molecule has 0 spiro atoms. The van der Waals surface area contributed by atoms with Crippen LogP contribution >= 0.6 is 0 Å². The van der Waals surface area contributed by atoms with Crippen LogP contribution in [-0.2, 0) is 7.05 Å². The summed E-state index contributed by atoms with van der Waals surface area (Å²) in [5.41, 5.74) is 1.23. The highest BCUT2D eigenvalue weighted by atomic mass is 16.1. The number of allylic oxidation sites excluding steroid dienone is 1. The standard InChI is InChI=1S/C12H14N2O/c1-10(6-3-4-8-13)12(15)11-7-5-9-14(11)2/h5,7,9H,1,3-4,6H2,2H3. The van der Waals surface area contributed by atoms with Crippen LogP contribution in [0, 0.1) is 11.3 Å². The third-order valence-electron chi connectivity index (χ3n) is 2.26. The number of aromatic nitrogens is 1. The number of ketones is 1. The summed E-state index contributed by atoms with van der Waals surface area (Å²) in [6, 6.07) is 5.66. The Morgan fingerprint density at radius 3 is 2.93 bits per heavy atom. The molecule has 0 radical (unpaired) electrons. The molecule has 0 bridgehead atoms. The van der Waals surface area contributed by atoms with Crippen LogP contribution in [0.25, 0.3) is 0 Å². The Balaban J connectivity index is 2.59. The van der Waals surface area contributed by atoms with Gasteiger partial charge < -0.3 is 4.57 Å². The van der Waals surface area contributed by atoms with Crippen LogP contribution < -0.4 is 0 Å². The number of hydrogen-bond acceptors (Lipinski definition) is 2. The van der Waals surface area contributed by atoms with Gasteiger partial charge in [0, 0.05) is 19.7 Å². The summed E-state index contributed by atoms with van der Waals surface area (Å²) in [7, 11) is 1.83. The average molecular weight is 202 g/mol. The van der Waals surface area contributed by atoms with E-state index in [2.05, 4.69) is 12.6 Å². The number of nitrogens with zero attached hydrogens (tertiary/aromatic N) is 2. The van der Waals surface area contributed by atoms with Crippen molar-refractivity contribution in [2.75, 3.05) is 0 Å². The van der Waals surface area contributed by atoms with E-state index in [4.69, 9.17) is 5.26 Å². The molecule has 0 N–H and O–H groups in total. The Morgan fingerprint density at radius 2 is 2.40 bits per heavy atom. The van der Waals surface area contributed by atoms with Gasteiger partial charge in [-0.05, 0) is 30.5 Å². The van der Waals surface area contributed by atoms with Crippen molar-refractivity contribution in [1.29, 1.82) is 5.26 Å². The topological polar surface area (TPSA) is 45.8 Å². The van der Waals surface area contributed by atoms with E-state index < -0.39 is 0 Å². The molecule has 0 atom stereocenters. The lowest BCUT2D eigenvalue weighted by atomic mass is 10.0. The Kier molecular flexibility index (Phi) is 3.87. The molecule has 15 heavy (non-hydrogen) atoms. The SMILES string of the molecule is C=C(CCCC#N)C(=O)c1cccn1C. The predicted octanol–water partition coefficient (Wildman–Crippen LogP) is 2.46. The number of carbonyl (C=O) groups excluding carboxylic acids is 1. The Morgan fingerprint density at radius 1 is 1.67 bits per heavy atom. The molecule has 1 aromatic rings. The monoisotopic (exact) mass is 202 g/mol. The lowest BCUT2D eigenvalue weighted by Gasteiger charge is -2.04. The molecule has 0 aliphatic rings. The van der Waals surface area contributed by atoms with Gasteiger partial charge in [-0.25, -0.2) is 0 Å². The molecule has 0 amide bonds. The number of unbranched alkanes of at least 4 members (excludes halogenated alkanes) is 1. The first-order valence-electron chi connectivity index (χ1n) is 4.87. The molecule has 0 unspecified atom stereocenters. The van der Waals surface area contributed by atoms with Gasteiger partial charge in [-0.1, -0.05) is 6.58 Å². The minimum Gasteiger partial charge on any atom is -0.348 e. The van der Waals surface area contributed by atoms with Crippen LogP contribution in [0.4, 0.5) is 0 Å². The van der Waals surface area contributed by atoms with Crippen LogP contribution in [0.5, 0.6) is 0 Å². The average Bonchev–Trinajstić information content (AvgIpc) is 2.63. The first kappa shape index (κ1) is 11.3. The second kappa shape index (κ2) is 5.16. The Hall–Kier alpha value is -1.82. The van der Waals surface area contributed by atoms with E-state index in [1.807, 2.05) is 19.3 Å². The minimum absolute atomic E-state index is 0.0274. The van der Waals surface area contributed by atoms with E-state index in [0.717, 1.165) is 0 Å². The molecule has 1 heterocycles. The van der Waals surface area contributed by atoms with E-state index in [9.17, 15) is 4.79 Å². The predicted molar refractivity (Wildman–Crippen MR) is 58.3 cm³/mol. The molecule has 0 aliphatic carbocycles. The molecule has 0 aliphatic heterocycles. The summed E-state index contributed by atoms with van der Waals surface area (Å²) in [5.74, 6) is -0.0274. The second-order valence-electron chi connectivity index (χ2n) is 3.45. The number of hydrogen-bond donors (Lipinski definition) is 0. The first-order valence-corrected chi connectivity index (χ1v) is 4.87.